The van der Waals surface area contributed by atoms with Crippen molar-refractivity contribution in [2.45, 2.75) is 25.3 Å². The predicted octanol–water partition coefficient (Wildman–Crippen LogP) is 2.02. The van der Waals surface area contributed by atoms with E-state index in [0.29, 0.717) is 0 Å². The fourth-order valence-corrected chi connectivity index (χ4v) is 4.19. The second-order valence-electron chi connectivity index (χ2n) is 7.48. The van der Waals surface area contributed by atoms with Crippen molar-refractivity contribution in [3.8, 4) is 5.75 Å². The molecule has 1 aromatic heterocycles. The Morgan fingerprint density at radius 2 is 2.08 bits per heavy atom. The van der Waals surface area contributed by atoms with Crippen LogP contribution in [0.25, 0.3) is 0 Å². The third-order valence-electron chi connectivity index (χ3n) is 5.96. The van der Waals surface area contributed by atoms with Gasteiger partial charge in [-0.3, -0.25) is 4.79 Å². The maximum atomic E-state index is 13.0. The number of methoxy groups -OCH3 is 1. The summed E-state index contributed by atoms with van der Waals surface area (Å²) < 4.78 is 7.21. The number of rotatable bonds is 5. The summed E-state index contributed by atoms with van der Waals surface area (Å²) >= 11 is 0. The summed E-state index contributed by atoms with van der Waals surface area (Å²) in [6, 6.07) is 7.57. The number of imidazole rings is 1. The first-order chi connectivity index (χ1) is 12.6. The number of aryl methyl sites for hydroxylation is 1. The number of hydrogen-bond acceptors (Lipinski definition) is 4. The molecule has 1 saturated heterocycles. The van der Waals surface area contributed by atoms with Crippen LogP contribution in [0.2, 0.25) is 0 Å². The molecule has 0 bridgehead atoms. The van der Waals surface area contributed by atoms with Crippen molar-refractivity contribution in [2.24, 2.45) is 18.4 Å². The first kappa shape index (κ1) is 17.1. The van der Waals surface area contributed by atoms with Crippen molar-refractivity contribution in [3.63, 3.8) is 0 Å². The summed E-state index contributed by atoms with van der Waals surface area (Å²) in [4.78, 5) is 17.5. The quantitative estimate of drug-likeness (QED) is 0.862. The Balaban J connectivity index is 1.55. The Kier molecular flexibility index (Phi) is 4.44. The third-order valence-corrected chi connectivity index (χ3v) is 5.96. The molecule has 2 N–H and O–H groups in total. The number of benzene rings is 1. The first-order valence-corrected chi connectivity index (χ1v) is 9.25. The van der Waals surface area contributed by atoms with Gasteiger partial charge in [-0.05, 0) is 55.5 Å². The van der Waals surface area contributed by atoms with Gasteiger partial charge in [0.05, 0.1) is 7.11 Å². The van der Waals surface area contributed by atoms with E-state index in [9.17, 15) is 4.79 Å². The summed E-state index contributed by atoms with van der Waals surface area (Å²) in [7, 11) is 3.61. The molecule has 138 valence electrons. The largest absolute Gasteiger partial charge is 0.497 e. The molecule has 2 aliphatic rings. The highest BCUT2D eigenvalue weighted by atomic mass is 16.5. The van der Waals surface area contributed by atoms with Crippen molar-refractivity contribution < 1.29 is 9.53 Å². The van der Waals surface area contributed by atoms with Crippen molar-refractivity contribution in [3.05, 3.63) is 48.0 Å². The average molecular weight is 354 g/mol. The number of ether oxygens (including phenoxy) is 1. The monoisotopic (exact) mass is 354 g/mol. The van der Waals surface area contributed by atoms with Gasteiger partial charge in [-0.25, -0.2) is 4.98 Å². The number of carbonyl (C=O) groups is 1. The highest BCUT2D eigenvalue weighted by Gasteiger charge is 2.57. The van der Waals surface area contributed by atoms with Crippen LogP contribution in [0, 0.1) is 11.3 Å². The van der Waals surface area contributed by atoms with Crippen LogP contribution >= 0.6 is 0 Å². The standard InChI is InChI=1S/C20H26N4O2/c1-24-12-11-22-18(24)17(14-3-5-15(26-2)6-4-14)23-19(25)16-13-20(16)7-9-21-10-8-20/h3-6,11-12,16-17,21H,7-10,13H2,1-2H3,(H,23,25). The fourth-order valence-electron chi connectivity index (χ4n) is 4.19. The second-order valence-corrected chi connectivity index (χ2v) is 7.48. The summed E-state index contributed by atoms with van der Waals surface area (Å²) in [5, 5.41) is 6.65. The lowest BCUT2D eigenvalue weighted by Crippen LogP contribution is -2.36. The number of carbonyl (C=O) groups excluding carboxylic acids is 1. The second kappa shape index (κ2) is 6.76. The Labute approximate surface area is 154 Å². The molecule has 2 aromatic rings. The molecule has 1 aliphatic heterocycles. The lowest BCUT2D eigenvalue weighted by Gasteiger charge is -2.24. The van der Waals surface area contributed by atoms with Crippen LogP contribution in [0.5, 0.6) is 5.75 Å². The minimum atomic E-state index is -0.257. The minimum absolute atomic E-state index is 0.130. The van der Waals surface area contributed by atoms with Crippen LogP contribution in [0.4, 0.5) is 0 Å². The Hall–Kier alpha value is -2.34. The number of amides is 1. The normalized spacial score (nSPS) is 22.0. The average Bonchev–Trinajstić information content (AvgIpc) is 3.19. The van der Waals surface area contributed by atoms with Gasteiger partial charge in [0.1, 0.15) is 17.6 Å². The molecule has 6 heteroatoms. The summed E-state index contributed by atoms with van der Waals surface area (Å²) in [5.74, 6) is 1.92. The van der Waals surface area contributed by atoms with Gasteiger partial charge in [-0.15, -0.1) is 0 Å². The highest BCUT2D eigenvalue weighted by molar-refractivity contribution is 5.83. The van der Waals surface area contributed by atoms with Crippen molar-refractivity contribution in [2.75, 3.05) is 20.2 Å². The molecule has 6 nitrogen and oxygen atoms in total. The van der Waals surface area contributed by atoms with Crippen LogP contribution in [-0.2, 0) is 11.8 Å². The smallest absolute Gasteiger partial charge is 0.224 e. The zero-order valence-electron chi connectivity index (χ0n) is 15.4. The SMILES string of the molecule is COc1ccc(C(NC(=O)C2CC23CCNCC3)c2nccn2C)cc1. The van der Waals surface area contributed by atoms with Crippen molar-refractivity contribution in [1.82, 2.24) is 20.2 Å². The lowest BCUT2D eigenvalue weighted by molar-refractivity contribution is -0.123. The van der Waals surface area contributed by atoms with Crippen molar-refractivity contribution in [1.29, 1.82) is 0 Å². The maximum Gasteiger partial charge on any atom is 0.224 e. The molecule has 1 spiro atoms. The number of aromatic nitrogens is 2. The molecule has 1 aromatic carbocycles. The maximum absolute atomic E-state index is 13.0. The van der Waals surface area contributed by atoms with Gasteiger partial charge in [0, 0.05) is 25.4 Å². The molecule has 2 atom stereocenters. The van der Waals surface area contributed by atoms with Gasteiger partial charge >= 0.3 is 0 Å². The molecular weight excluding hydrogens is 328 g/mol. The predicted molar refractivity (Wildman–Crippen MR) is 98.8 cm³/mol. The summed E-state index contributed by atoms with van der Waals surface area (Å²) in [6.07, 6.45) is 6.88. The van der Waals surface area contributed by atoms with E-state index in [2.05, 4.69) is 15.6 Å². The lowest BCUT2D eigenvalue weighted by atomic mass is 9.91. The molecule has 2 fully saturated rings. The minimum Gasteiger partial charge on any atom is -0.497 e. The molecule has 2 unspecified atom stereocenters. The van der Waals surface area contributed by atoms with Crippen LogP contribution in [0.3, 0.4) is 0 Å². The van der Waals surface area contributed by atoms with E-state index in [1.54, 1.807) is 13.3 Å². The fraction of sp³-hybridized carbons (Fsp3) is 0.500. The molecule has 1 saturated carbocycles. The zero-order chi connectivity index (χ0) is 18.1. The molecule has 26 heavy (non-hydrogen) atoms. The molecule has 2 heterocycles. The van der Waals surface area contributed by atoms with Gasteiger partial charge in [0.15, 0.2) is 0 Å². The number of nitrogens with zero attached hydrogens (tertiary/aromatic N) is 2. The van der Waals surface area contributed by atoms with E-state index in [-0.39, 0.29) is 23.3 Å². The Morgan fingerprint density at radius 1 is 1.35 bits per heavy atom. The van der Waals surface area contributed by atoms with Gasteiger partial charge in [-0.2, -0.15) is 0 Å². The first-order valence-electron chi connectivity index (χ1n) is 9.25. The van der Waals surface area contributed by atoms with E-state index in [4.69, 9.17) is 4.74 Å². The molecule has 4 rings (SSSR count). The van der Waals surface area contributed by atoms with E-state index < -0.39 is 0 Å². The third kappa shape index (κ3) is 3.09. The molecule has 1 amide bonds. The van der Waals surface area contributed by atoms with Crippen LogP contribution in [0.1, 0.15) is 36.7 Å². The summed E-state index contributed by atoms with van der Waals surface area (Å²) in [5.41, 5.74) is 1.23. The van der Waals surface area contributed by atoms with Gasteiger partial charge in [0.2, 0.25) is 5.91 Å². The summed E-state index contributed by atoms with van der Waals surface area (Å²) in [6.45, 7) is 2.04. The van der Waals surface area contributed by atoms with Crippen molar-refractivity contribution >= 4 is 5.91 Å². The van der Waals surface area contributed by atoms with Crippen LogP contribution in [-0.4, -0.2) is 35.7 Å². The molecular formula is C20H26N4O2. The molecule has 0 radical (unpaired) electrons. The Bertz CT molecular complexity index is 777. The highest BCUT2D eigenvalue weighted by Crippen LogP contribution is 2.58. The van der Waals surface area contributed by atoms with Crippen LogP contribution < -0.4 is 15.4 Å². The van der Waals surface area contributed by atoms with Gasteiger partial charge < -0.3 is 19.9 Å². The van der Waals surface area contributed by atoms with E-state index in [1.807, 2.05) is 42.1 Å². The van der Waals surface area contributed by atoms with Gasteiger partial charge in [0.25, 0.3) is 0 Å². The number of hydrogen-bond donors (Lipinski definition) is 2. The van der Waals surface area contributed by atoms with Crippen LogP contribution in [0.15, 0.2) is 36.7 Å². The topological polar surface area (TPSA) is 68.2 Å². The van der Waals surface area contributed by atoms with E-state index in [1.165, 1.54) is 0 Å². The van der Waals surface area contributed by atoms with Gasteiger partial charge in [-0.1, -0.05) is 12.1 Å². The van der Waals surface area contributed by atoms with E-state index in [0.717, 1.165) is 49.5 Å². The van der Waals surface area contributed by atoms with E-state index >= 15 is 0 Å². The number of nitrogens with one attached hydrogen (secondary N) is 2. The molecule has 1 aliphatic carbocycles. The number of piperidine rings is 1. The Morgan fingerprint density at radius 3 is 2.69 bits per heavy atom. The zero-order valence-corrected chi connectivity index (χ0v) is 15.4.